The van der Waals surface area contributed by atoms with Gasteiger partial charge in [-0.2, -0.15) is 0 Å². The monoisotopic (exact) mass is 855 g/mol. The van der Waals surface area contributed by atoms with E-state index in [1.807, 2.05) is 30.3 Å². The van der Waals surface area contributed by atoms with E-state index in [2.05, 4.69) is 223 Å². The fraction of sp³-hybridized carbons (Fsp3) is 0.0156. The molecule has 0 aliphatic carbocycles. The van der Waals surface area contributed by atoms with Gasteiger partial charge in [0.2, 0.25) is 0 Å². The van der Waals surface area contributed by atoms with E-state index in [1.54, 1.807) is 0 Å². The molecule has 12 aromatic rings. The minimum atomic E-state index is 0.478. The maximum Gasteiger partial charge on any atom is 0.131 e. The first-order valence-corrected chi connectivity index (χ1v) is 23.0. The molecule has 67 heavy (non-hydrogen) atoms. The lowest BCUT2D eigenvalue weighted by atomic mass is 9.84. The zero-order valence-corrected chi connectivity index (χ0v) is 36.9. The van der Waals surface area contributed by atoms with Crippen LogP contribution < -0.4 is 5.73 Å². The highest BCUT2D eigenvalue weighted by atomic mass is 15.0. The molecule has 0 saturated carbocycles. The molecular weight excluding hydrogens is 811 g/mol. The van der Waals surface area contributed by atoms with Gasteiger partial charge in [-0.3, -0.25) is 0 Å². The quantitative estimate of drug-likeness (QED) is 0.0668. The van der Waals surface area contributed by atoms with Crippen LogP contribution in [0.2, 0.25) is 0 Å². The number of allylic oxidation sites excluding steroid dienone is 1. The molecule has 0 fully saturated rings. The van der Waals surface area contributed by atoms with Crippen molar-refractivity contribution in [2.24, 2.45) is 10.7 Å². The van der Waals surface area contributed by atoms with E-state index in [4.69, 9.17) is 10.7 Å². The van der Waals surface area contributed by atoms with Gasteiger partial charge in [0.1, 0.15) is 5.84 Å². The van der Waals surface area contributed by atoms with Crippen molar-refractivity contribution < 1.29 is 0 Å². The van der Waals surface area contributed by atoms with Crippen LogP contribution in [0.4, 0.5) is 0 Å². The molecule has 2 N–H and O–H groups in total. The third kappa shape index (κ3) is 7.24. The molecule has 0 aliphatic rings. The third-order valence-electron chi connectivity index (χ3n) is 13.2. The Labute approximate surface area is 390 Å². The Balaban J connectivity index is 0.957. The van der Waals surface area contributed by atoms with Gasteiger partial charge < -0.3 is 10.3 Å². The summed E-state index contributed by atoms with van der Waals surface area (Å²) in [5, 5.41) is 9.90. The number of rotatable bonds is 9. The Morgan fingerprint density at radius 3 is 1.75 bits per heavy atom. The Morgan fingerprint density at radius 1 is 0.403 bits per heavy atom. The highest BCUT2D eigenvalue weighted by Crippen LogP contribution is 2.46. The first-order valence-electron chi connectivity index (χ1n) is 23.0. The summed E-state index contributed by atoms with van der Waals surface area (Å²) in [7, 11) is 0. The number of para-hydroxylation sites is 2. The summed E-state index contributed by atoms with van der Waals surface area (Å²) in [4.78, 5) is 5.15. The van der Waals surface area contributed by atoms with Crippen LogP contribution in [0.1, 0.15) is 16.7 Å². The van der Waals surface area contributed by atoms with E-state index in [-0.39, 0.29) is 0 Å². The van der Waals surface area contributed by atoms with Crippen LogP contribution in [0.3, 0.4) is 0 Å². The molecule has 0 unspecified atom stereocenters. The summed E-state index contributed by atoms with van der Waals surface area (Å²) in [6.07, 6.45) is 2.89. The van der Waals surface area contributed by atoms with Crippen LogP contribution in [-0.2, 0) is 6.42 Å². The molecule has 3 nitrogen and oxygen atoms in total. The molecule has 0 aliphatic heterocycles. The molecule has 1 heterocycles. The van der Waals surface area contributed by atoms with Gasteiger partial charge in [0.25, 0.3) is 0 Å². The van der Waals surface area contributed by atoms with Crippen molar-refractivity contribution in [1.82, 2.24) is 4.57 Å². The second-order valence-corrected chi connectivity index (χ2v) is 17.2. The summed E-state index contributed by atoms with van der Waals surface area (Å²) in [6, 6.07) is 87.0. The van der Waals surface area contributed by atoms with Crippen molar-refractivity contribution in [2.75, 3.05) is 0 Å². The zero-order chi connectivity index (χ0) is 44.7. The molecule has 316 valence electrons. The number of aromatic nitrogens is 1. The van der Waals surface area contributed by atoms with Gasteiger partial charge in [-0.1, -0.05) is 224 Å². The molecule has 0 atom stereocenters. The summed E-state index contributed by atoms with van der Waals surface area (Å²) in [5.74, 6) is 0.478. The normalized spacial score (nSPS) is 12.2. The minimum Gasteiger partial charge on any atom is -0.383 e. The predicted molar refractivity (Wildman–Crippen MR) is 285 cm³/mol. The number of nitrogens with zero attached hydrogens (tertiary/aromatic N) is 2. The topological polar surface area (TPSA) is 43.3 Å². The van der Waals surface area contributed by atoms with E-state index in [9.17, 15) is 0 Å². The first kappa shape index (κ1) is 39.8. The minimum absolute atomic E-state index is 0.478. The smallest absolute Gasteiger partial charge is 0.131 e. The van der Waals surface area contributed by atoms with E-state index >= 15 is 0 Å². The van der Waals surface area contributed by atoms with Crippen molar-refractivity contribution >= 4 is 65.7 Å². The van der Waals surface area contributed by atoms with Crippen LogP contribution in [0, 0.1) is 0 Å². The molecule has 0 spiro atoms. The number of fused-ring (bicyclic) bond motifs is 7. The highest BCUT2D eigenvalue weighted by molar-refractivity contribution is 6.28. The second kappa shape index (κ2) is 17.0. The number of amidine groups is 1. The number of nitrogens with two attached hydrogens (primary N) is 1. The van der Waals surface area contributed by atoms with Crippen molar-refractivity contribution in [3.8, 4) is 39.1 Å². The molecule has 0 bridgehead atoms. The van der Waals surface area contributed by atoms with Crippen molar-refractivity contribution in [3.63, 3.8) is 0 Å². The standard InChI is InChI=1S/C64H45N3/c65-64(48-21-6-2-7-22-48)66-58(40-31-43-17-16-23-49(41-43)50-37-38-54-53-27-14-15-30-59(53)67(60(54)42-50)51-24-8-3-9-25-51)45-32-34-47(35-33-45)62-56-29-13-12-28-55(56)61(46-19-4-1-5-20-46)57-39-36-44-18-10-11-26-52(44)63(57)62/h1-30,32-42H,31H2,(H2,65,66)/b58-40-. The summed E-state index contributed by atoms with van der Waals surface area (Å²) in [5.41, 5.74) is 21.4. The van der Waals surface area contributed by atoms with Crippen molar-refractivity contribution in [1.29, 1.82) is 0 Å². The van der Waals surface area contributed by atoms with E-state index < -0.39 is 0 Å². The van der Waals surface area contributed by atoms with Crippen LogP contribution in [-0.4, -0.2) is 10.4 Å². The Kier molecular flexibility index (Phi) is 10.1. The zero-order valence-electron chi connectivity index (χ0n) is 36.9. The SMILES string of the molecule is NC(=N/C(=C\Cc1cccc(-c2ccc3c4ccccc4n(-c4ccccc4)c3c2)c1)c1ccc(-c2c3ccccc3c(-c3ccccc3)c3ccc4ccccc4c23)cc1)c1ccccc1. The summed E-state index contributed by atoms with van der Waals surface area (Å²) < 4.78 is 2.38. The maximum atomic E-state index is 6.80. The Hall–Kier alpha value is -8.79. The largest absolute Gasteiger partial charge is 0.383 e. The number of hydrogen-bond donors (Lipinski definition) is 1. The molecule has 11 aromatic carbocycles. The van der Waals surface area contributed by atoms with E-state index in [0.29, 0.717) is 12.3 Å². The molecule has 0 saturated heterocycles. The number of aliphatic imine (C=N–C) groups is 1. The second-order valence-electron chi connectivity index (χ2n) is 17.2. The highest BCUT2D eigenvalue weighted by Gasteiger charge is 2.19. The molecule has 0 amide bonds. The average molecular weight is 856 g/mol. The van der Waals surface area contributed by atoms with Crippen LogP contribution >= 0.6 is 0 Å². The molecule has 0 radical (unpaired) electrons. The van der Waals surface area contributed by atoms with Crippen LogP contribution in [0.25, 0.3) is 98.9 Å². The van der Waals surface area contributed by atoms with Gasteiger partial charge in [0, 0.05) is 22.0 Å². The third-order valence-corrected chi connectivity index (χ3v) is 13.2. The molecule has 3 heteroatoms. The number of hydrogen-bond acceptors (Lipinski definition) is 1. The van der Waals surface area contributed by atoms with Gasteiger partial charge in [-0.15, -0.1) is 0 Å². The van der Waals surface area contributed by atoms with E-state index in [0.717, 1.165) is 28.1 Å². The molecule has 1 aromatic heterocycles. The van der Waals surface area contributed by atoms with Crippen molar-refractivity contribution in [2.45, 2.75) is 6.42 Å². The summed E-state index contributed by atoms with van der Waals surface area (Å²) >= 11 is 0. The fourth-order valence-electron chi connectivity index (χ4n) is 10.1. The lowest BCUT2D eigenvalue weighted by molar-refractivity contribution is 1.18. The average Bonchev–Trinajstić information content (AvgIpc) is 3.73. The van der Waals surface area contributed by atoms with Crippen LogP contribution in [0.15, 0.2) is 254 Å². The maximum absolute atomic E-state index is 6.80. The van der Waals surface area contributed by atoms with Gasteiger partial charge >= 0.3 is 0 Å². The van der Waals surface area contributed by atoms with Gasteiger partial charge in [0.05, 0.1) is 16.7 Å². The van der Waals surface area contributed by atoms with Crippen LogP contribution in [0.5, 0.6) is 0 Å². The van der Waals surface area contributed by atoms with Gasteiger partial charge in [0.15, 0.2) is 0 Å². The predicted octanol–water partition coefficient (Wildman–Crippen LogP) is 16.2. The molecular formula is C64H45N3. The fourth-order valence-corrected chi connectivity index (χ4v) is 10.1. The van der Waals surface area contributed by atoms with Gasteiger partial charge in [-0.25, -0.2) is 4.99 Å². The number of benzene rings is 11. The van der Waals surface area contributed by atoms with Gasteiger partial charge in [-0.05, 0) is 108 Å². The lowest BCUT2D eigenvalue weighted by Crippen LogP contribution is -2.13. The molecule has 12 rings (SSSR count). The first-order chi connectivity index (χ1) is 33.2. The van der Waals surface area contributed by atoms with E-state index in [1.165, 1.54) is 87.5 Å². The Bertz CT molecular complexity index is 3860. The van der Waals surface area contributed by atoms with Crippen molar-refractivity contribution in [3.05, 3.63) is 265 Å². The summed E-state index contributed by atoms with van der Waals surface area (Å²) in [6.45, 7) is 0. The Morgan fingerprint density at radius 2 is 0.970 bits per heavy atom. The lowest BCUT2D eigenvalue weighted by Gasteiger charge is -2.19.